The minimum atomic E-state index is 0.147. The van der Waals surface area contributed by atoms with Crippen LogP contribution in [0.15, 0.2) is 18.3 Å². The molecule has 0 spiro atoms. The summed E-state index contributed by atoms with van der Waals surface area (Å²) in [5.74, 6) is 0.214. The molecule has 15 heavy (non-hydrogen) atoms. The molecule has 84 valence electrons. The van der Waals surface area contributed by atoms with E-state index in [2.05, 4.69) is 31.1 Å². The van der Waals surface area contributed by atoms with Crippen LogP contribution in [0.5, 0.6) is 5.75 Å². The van der Waals surface area contributed by atoms with E-state index in [0.29, 0.717) is 0 Å². The molecule has 0 bridgehead atoms. The molecule has 1 aromatic heterocycles. The van der Waals surface area contributed by atoms with Gasteiger partial charge in [-0.1, -0.05) is 13.3 Å². The van der Waals surface area contributed by atoms with Crippen LogP contribution in [0.1, 0.15) is 39.3 Å². The standard InChI is InChI=1S/C12H20N2O/c1-4-7-12(2,3)14-8-10-5-6-11(15)9-13-10/h5-6,9,14-15H,4,7-8H2,1-3H3. The van der Waals surface area contributed by atoms with E-state index in [1.54, 1.807) is 6.07 Å². The van der Waals surface area contributed by atoms with Crippen molar-refractivity contribution in [3.05, 3.63) is 24.0 Å². The molecule has 1 rings (SSSR count). The Labute approximate surface area is 91.5 Å². The molecule has 3 nitrogen and oxygen atoms in total. The zero-order valence-electron chi connectivity index (χ0n) is 9.75. The summed E-state index contributed by atoms with van der Waals surface area (Å²) in [6, 6.07) is 3.50. The monoisotopic (exact) mass is 208 g/mol. The molecule has 0 aliphatic rings. The highest BCUT2D eigenvalue weighted by Gasteiger charge is 2.15. The Morgan fingerprint density at radius 1 is 1.40 bits per heavy atom. The number of nitrogens with one attached hydrogen (secondary N) is 1. The molecule has 2 N–H and O–H groups in total. The highest BCUT2D eigenvalue weighted by atomic mass is 16.3. The number of aromatic hydroxyl groups is 1. The summed E-state index contributed by atoms with van der Waals surface area (Å²) < 4.78 is 0. The SMILES string of the molecule is CCCC(C)(C)NCc1ccc(O)cn1. The molecular weight excluding hydrogens is 188 g/mol. The number of pyridine rings is 1. The second-order valence-electron chi connectivity index (χ2n) is 4.50. The maximum absolute atomic E-state index is 9.09. The molecule has 0 amide bonds. The van der Waals surface area contributed by atoms with Crippen molar-refractivity contribution in [1.82, 2.24) is 10.3 Å². The van der Waals surface area contributed by atoms with Gasteiger partial charge in [0.25, 0.3) is 0 Å². The lowest BCUT2D eigenvalue weighted by Crippen LogP contribution is -2.38. The molecule has 0 aliphatic carbocycles. The van der Waals surface area contributed by atoms with Gasteiger partial charge in [0, 0.05) is 12.1 Å². The van der Waals surface area contributed by atoms with Crippen LogP contribution in [-0.2, 0) is 6.54 Å². The van der Waals surface area contributed by atoms with Crippen molar-refractivity contribution in [2.75, 3.05) is 0 Å². The van der Waals surface area contributed by atoms with E-state index in [0.717, 1.165) is 18.7 Å². The third-order valence-corrected chi connectivity index (χ3v) is 2.43. The van der Waals surface area contributed by atoms with Crippen LogP contribution in [0.4, 0.5) is 0 Å². The Bertz CT molecular complexity index is 293. The van der Waals surface area contributed by atoms with Crippen LogP contribution < -0.4 is 5.32 Å². The smallest absolute Gasteiger partial charge is 0.133 e. The highest BCUT2D eigenvalue weighted by Crippen LogP contribution is 2.12. The van der Waals surface area contributed by atoms with E-state index in [4.69, 9.17) is 5.11 Å². The molecule has 3 heteroatoms. The zero-order chi connectivity index (χ0) is 11.3. The first kappa shape index (κ1) is 12.0. The Balaban J connectivity index is 2.46. The van der Waals surface area contributed by atoms with Gasteiger partial charge in [-0.05, 0) is 32.4 Å². The van der Waals surface area contributed by atoms with E-state index in [9.17, 15) is 0 Å². The van der Waals surface area contributed by atoms with Crippen molar-refractivity contribution >= 4 is 0 Å². The molecule has 0 aliphatic heterocycles. The van der Waals surface area contributed by atoms with Crippen molar-refractivity contribution in [3.8, 4) is 5.75 Å². The van der Waals surface area contributed by atoms with Gasteiger partial charge >= 0.3 is 0 Å². The van der Waals surface area contributed by atoms with Crippen molar-refractivity contribution in [2.24, 2.45) is 0 Å². The summed E-state index contributed by atoms with van der Waals surface area (Å²) in [6.45, 7) is 7.31. The zero-order valence-corrected chi connectivity index (χ0v) is 9.75. The molecule has 0 radical (unpaired) electrons. The second-order valence-corrected chi connectivity index (χ2v) is 4.50. The minimum Gasteiger partial charge on any atom is -0.506 e. The van der Waals surface area contributed by atoms with Gasteiger partial charge in [0.15, 0.2) is 0 Å². The highest BCUT2D eigenvalue weighted by molar-refractivity contribution is 5.17. The Morgan fingerprint density at radius 3 is 2.67 bits per heavy atom. The van der Waals surface area contributed by atoms with E-state index in [1.165, 1.54) is 12.6 Å². The predicted octanol–water partition coefficient (Wildman–Crippen LogP) is 2.46. The Hall–Kier alpha value is -1.09. The molecule has 1 aromatic rings. The van der Waals surface area contributed by atoms with Crippen LogP contribution in [0.25, 0.3) is 0 Å². The topological polar surface area (TPSA) is 45.1 Å². The van der Waals surface area contributed by atoms with E-state index >= 15 is 0 Å². The maximum atomic E-state index is 9.09. The lowest BCUT2D eigenvalue weighted by molar-refractivity contribution is 0.354. The minimum absolute atomic E-state index is 0.147. The molecular formula is C12H20N2O. The molecule has 0 unspecified atom stereocenters. The lowest BCUT2D eigenvalue weighted by atomic mass is 9.99. The summed E-state index contributed by atoms with van der Waals surface area (Å²) in [6.07, 6.45) is 3.79. The molecule has 0 atom stereocenters. The maximum Gasteiger partial charge on any atom is 0.133 e. The molecule has 0 fully saturated rings. The fraction of sp³-hybridized carbons (Fsp3) is 0.583. The second kappa shape index (κ2) is 5.12. The first-order valence-corrected chi connectivity index (χ1v) is 5.42. The summed E-state index contributed by atoms with van der Waals surface area (Å²) in [7, 11) is 0. The third-order valence-electron chi connectivity index (χ3n) is 2.43. The summed E-state index contributed by atoms with van der Waals surface area (Å²) in [5, 5.41) is 12.5. The van der Waals surface area contributed by atoms with Crippen molar-refractivity contribution in [2.45, 2.75) is 45.7 Å². The van der Waals surface area contributed by atoms with Crippen molar-refractivity contribution in [3.63, 3.8) is 0 Å². The summed E-state index contributed by atoms with van der Waals surface area (Å²) in [4.78, 5) is 4.13. The van der Waals surface area contributed by atoms with Gasteiger partial charge in [-0.15, -0.1) is 0 Å². The predicted molar refractivity (Wildman–Crippen MR) is 61.7 cm³/mol. The first-order chi connectivity index (χ1) is 7.03. The van der Waals surface area contributed by atoms with Crippen LogP contribution in [0.2, 0.25) is 0 Å². The summed E-state index contributed by atoms with van der Waals surface area (Å²) in [5.41, 5.74) is 1.10. The quantitative estimate of drug-likeness (QED) is 0.781. The average Bonchev–Trinajstić information content (AvgIpc) is 2.17. The van der Waals surface area contributed by atoms with Gasteiger partial charge in [0.2, 0.25) is 0 Å². The summed E-state index contributed by atoms with van der Waals surface area (Å²) >= 11 is 0. The molecule has 0 saturated heterocycles. The van der Waals surface area contributed by atoms with Gasteiger partial charge in [0.05, 0.1) is 11.9 Å². The van der Waals surface area contributed by atoms with Crippen LogP contribution in [0, 0.1) is 0 Å². The number of rotatable bonds is 5. The van der Waals surface area contributed by atoms with Gasteiger partial charge in [-0.3, -0.25) is 4.98 Å². The lowest BCUT2D eigenvalue weighted by Gasteiger charge is -2.25. The van der Waals surface area contributed by atoms with Gasteiger partial charge < -0.3 is 10.4 Å². The van der Waals surface area contributed by atoms with Crippen LogP contribution in [-0.4, -0.2) is 15.6 Å². The van der Waals surface area contributed by atoms with Crippen molar-refractivity contribution in [1.29, 1.82) is 0 Å². The van der Waals surface area contributed by atoms with E-state index in [1.807, 2.05) is 6.07 Å². The Morgan fingerprint density at radius 2 is 2.13 bits per heavy atom. The number of aromatic nitrogens is 1. The first-order valence-electron chi connectivity index (χ1n) is 5.42. The molecule has 0 aromatic carbocycles. The van der Waals surface area contributed by atoms with E-state index in [-0.39, 0.29) is 11.3 Å². The molecule has 1 heterocycles. The number of hydrogen-bond acceptors (Lipinski definition) is 3. The fourth-order valence-electron chi connectivity index (χ4n) is 1.56. The van der Waals surface area contributed by atoms with E-state index < -0.39 is 0 Å². The Kier molecular flexibility index (Phi) is 4.09. The van der Waals surface area contributed by atoms with Crippen LogP contribution in [0.3, 0.4) is 0 Å². The van der Waals surface area contributed by atoms with Gasteiger partial charge in [-0.2, -0.15) is 0 Å². The molecule has 0 saturated carbocycles. The van der Waals surface area contributed by atoms with Crippen LogP contribution >= 0.6 is 0 Å². The third kappa shape index (κ3) is 4.30. The van der Waals surface area contributed by atoms with Crippen molar-refractivity contribution < 1.29 is 5.11 Å². The van der Waals surface area contributed by atoms with Gasteiger partial charge in [-0.25, -0.2) is 0 Å². The van der Waals surface area contributed by atoms with Gasteiger partial charge in [0.1, 0.15) is 5.75 Å². The largest absolute Gasteiger partial charge is 0.506 e. The fourth-order valence-corrected chi connectivity index (χ4v) is 1.56. The number of hydrogen-bond donors (Lipinski definition) is 2. The number of nitrogens with zero attached hydrogens (tertiary/aromatic N) is 1. The normalized spacial score (nSPS) is 11.7. The average molecular weight is 208 g/mol.